The zero-order valence-electron chi connectivity index (χ0n) is 10.2. The molecule has 0 radical (unpaired) electrons. The van der Waals surface area contributed by atoms with Gasteiger partial charge in [0.05, 0.1) is 6.20 Å². The van der Waals surface area contributed by atoms with E-state index in [1.807, 2.05) is 6.92 Å². The third-order valence-electron chi connectivity index (χ3n) is 2.72. The van der Waals surface area contributed by atoms with Crippen LogP contribution in [0.5, 0.6) is 0 Å². The average molecular weight is 248 g/mol. The summed E-state index contributed by atoms with van der Waals surface area (Å²) in [7, 11) is 0. The standard InChI is InChI=1S/C12H16N4O2/c1-2-3-4-9(12(17)18)14-10-6-8-16-11(15-10)5-7-13-16/h5-9H,2-4H2,1H3,(H,14,15)(H,17,18). The van der Waals surface area contributed by atoms with Gasteiger partial charge in [-0.3, -0.25) is 0 Å². The predicted molar refractivity (Wildman–Crippen MR) is 67.6 cm³/mol. The van der Waals surface area contributed by atoms with Gasteiger partial charge >= 0.3 is 5.97 Å². The van der Waals surface area contributed by atoms with Crippen LogP contribution in [0.25, 0.3) is 5.65 Å². The van der Waals surface area contributed by atoms with E-state index in [0.717, 1.165) is 12.8 Å². The number of fused-ring (bicyclic) bond motifs is 1. The Morgan fingerprint density at radius 2 is 2.39 bits per heavy atom. The van der Waals surface area contributed by atoms with E-state index in [1.165, 1.54) is 0 Å². The minimum atomic E-state index is -0.848. The number of carbonyl (C=O) groups is 1. The molecule has 2 heterocycles. The molecular weight excluding hydrogens is 232 g/mol. The van der Waals surface area contributed by atoms with Gasteiger partial charge in [0.1, 0.15) is 11.9 Å². The Labute approximate surface area is 105 Å². The monoisotopic (exact) mass is 248 g/mol. The van der Waals surface area contributed by atoms with E-state index in [9.17, 15) is 4.79 Å². The molecule has 0 saturated carbocycles. The summed E-state index contributed by atoms with van der Waals surface area (Å²) in [6, 6.07) is 2.90. The summed E-state index contributed by atoms with van der Waals surface area (Å²) in [5, 5.41) is 16.1. The molecule has 0 aliphatic rings. The fourth-order valence-electron chi connectivity index (χ4n) is 1.74. The number of aromatic nitrogens is 3. The molecule has 2 N–H and O–H groups in total. The quantitative estimate of drug-likeness (QED) is 0.814. The Kier molecular flexibility index (Phi) is 3.76. The molecule has 6 nitrogen and oxygen atoms in total. The summed E-state index contributed by atoms with van der Waals surface area (Å²) in [6.45, 7) is 2.04. The Bertz CT molecular complexity index is 538. The number of anilines is 1. The third kappa shape index (κ3) is 2.77. The lowest BCUT2D eigenvalue weighted by Gasteiger charge is -2.14. The van der Waals surface area contributed by atoms with Crippen LogP contribution in [0.2, 0.25) is 0 Å². The molecule has 1 unspecified atom stereocenters. The number of nitrogens with one attached hydrogen (secondary N) is 1. The van der Waals surface area contributed by atoms with Crippen molar-refractivity contribution in [2.24, 2.45) is 0 Å². The molecule has 0 aliphatic carbocycles. The molecule has 1 atom stereocenters. The predicted octanol–water partition coefficient (Wildman–Crippen LogP) is 1.78. The molecule has 0 spiro atoms. The number of unbranched alkanes of at least 4 members (excludes halogenated alkanes) is 1. The van der Waals surface area contributed by atoms with Crippen molar-refractivity contribution in [3.8, 4) is 0 Å². The maximum Gasteiger partial charge on any atom is 0.326 e. The first-order valence-corrected chi connectivity index (χ1v) is 6.00. The van der Waals surface area contributed by atoms with Gasteiger partial charge in [0.15, 0.2) is 5.65 Å². The van der Waals surface area contributed by atoms with Crippen LogP contribution in [-0.4, -0.2) is 31.7 Å². The molecular formula is C12H16N4O2. The highest BCUT2D eigenvalue weighted by Gasteiger charge is 2.16. The molecule has 0 saturated heterocycles. The Morgan fingerprint density at radius 1 is 1.56 bits per heavy atom. The molecule has 2 aromatic rings. The molecule has 0 bridgehead atoms. The van der Waals surface area contributed by atoms with Crippen molar-refractivity contribution in [3.05, 3.63) is 24.5 Å². The van der Waals surface area contributed by atoms with E-state index in [-0.39, 0.29) is 0 Å². The second kappa shape index (κ2) is 5.48. The molecule has 0 aromatic carbocycles. The number of carboxylic acids is 1. The van der Waals surface area contributed by atoms with Crippen LogP contribution in [0.1, 0.15) is 26.2 Å². The van der Waals surface area contributed by atoms with Crippen LogP contribution < -0.4 is 5.32 Å². The molecule has 0 amide bonds. The number of rotatable bonds is 6. The highest BCUT2D eigenvalue weighted by Crippen LogP contribution is 2.11. The normalized spacial score (nSPS) is 12.5. The van der Waals surface area contributed by atoms with Crippen molar-refractivity contribution >= 4 is 17.4 Å². The van der Waals surface area contributed by atoms with E-state index in [4.69, 9.17) is 5.11 Å². The number of carboxylic acid groups (broad SMARTS) is 1. The maximum atomic E-state index is 11.1. The van der Waals surface area contributed by atoms with Gasteiger partial charge in [-0.15, -0.1) is 0 Å². The summed E-state index contributed by atoms with van der Waals surface area (Å²) in [4.78, 5) is 15.4. The van der Waals surface area contributed by atoms with Crippen molar-refractivity contribution in [1.82, 2.24) is 14.6 Å². The lowest BCUT2D eigenvalue weighted by atomic mass is 10.1. The zero-order chi connectivity index (χ0) is 13.0. The first kappa shape index (κ1) is 12.3. The van der Waals surface area contributed by atoms with Crippen LogP contribution in [0.3, 0.4) is 0 Å². The highest BCUT2D eigenvalue weighted by atomic mass is 16.4. The Morgan fingerprint density at radius 3 is 3.11 bits per heavy atom. The summed E-state index contributed by atoms with van der Waals surface area (Å²) in [5.74, 6) is -0.287. The molecule has 96 valence electrons. The van der Waals surface area contributed by atoms with E-state index in [0.29, 0.717) is 17.9 Å². The molecule has 2 aromatic heterocycles. The largest absolute Gasteiger partial charge is 0.480 e. The maximum absolute atomic E-state index is 11.1. The van der Waals surface area contributed by atoms with Gasteiger partial charge in [0.25, 0.3) is 0 Å². The second-order valence-corrected chi connectivity index (χ2v) is 4.12. The fraction of sp³-hybridized carbons (Fsp3) is 0.417. The lowest BCUT2D eigenvalue weighted by molar-refractivity contribution is -0.138. The number of hydrogen-bond acceptors (Lipinski definition) is 4. The van der Waals surface area contributed by atoms with Gasteiger partial charge in [-0.1, -0.05) is 19.8 Å². The van der Waals surface area contributed by atoms with Gasteiger partial charge in [-0.2, -0.15) is 5.10 Å². The van der Waals surface area contributed by atoms with Crippen molar-refractivity contribution in [3.63, 3.8) is 0 Å². The van der Waals surface area contributed by atoms with Crippen LogP contribution in [0, 0.1) is 0 Å². The topological polar surface area (TPSA) is 79.5 Å². The van der Waals surface area contributed by atoms with E-state index < -0.39 is 12.0 Å². The molecule has 0 aliphatic heterocycles. The van der Waals surface area contributed by atoms with Gasteiger partial charge in [-0.25, -0.2) is 14.3 Å². The minimum absolute atomic E-state index is 0.562. The smallest absolute Gasteiger partial charge is 0.326 e. The van der Waals surface area contributed by atoms with Crippen molar-refractivity contribution < 1.29 is 9.90 Å². The van der Waals surface area contributed by atoms with Crippen LogP contribution in [0.15, 0.2) is 24.5 Å². The summed E-state index contributed by atoms with van der Waals surface area (Å²) in [6.07, 6.45) is 5.85. The molecule has 0 fully saturated rings. The van der Waals surface area contributed by atoms with E-state index >= 15 is 0 Å². The van der Waals surface area contributed by atoms with Gasteiger partial charge in [0, 0.05) is 12.3 Å². The third-order valence-corrected chi connectivity index (χ3v) is 2.72. The number of nitrogens with zero attached hydrogens (tertiary/aromatic N) is 3. The zero-order valence-corrected chi connectivity index (χ0v) is 10.2. The molecule has 2 rings (SSSR count). The lowest BCUT2D eigenvalue weighted by Crippen LogP contribution is -2.29. The SMILES string of the molecule is CCCCC(Nc1ccn2nccc2n1)C(=O)O. The Balaban J connectivity index is 2.11. The number of aliphatic carboxylic acids is 1. The van der Waals surface area contributed by atoms with E-state index in [2.05, 4.69) is 15.4 Å². The summed E-state index contributed by atoms with van der Waals surface area (Å²) < 4.78 is 1.63. The highest BCUT2D eigenvalue weighted by molar-refractivity contribution is 5.76. The summed E-state index contributed by atoms with van der Waals surface area (Å²) in [5.41, 5.74) is 0.694. The molecule has 18 heavy (non-hydrogen) atoms. The Hall–Kier alpha value is -2.11. The first-order valence-electron chi connectivity index (χ1n) is 6.00. The fourth-order valence-corrected chi connectivity index (χ4v) is 1.74. The van der Waals surface area contributed by atoms with E-state index in [1.54, 1.807) is 29.0 Å². The second-order valence-electron chi connectivity index (χ2n) is 4.12. The van der Waals surface area contributed by atoms with Crippen molar-refractivity contribution in [2.45, 2.75) is 32.2 Å². The molecule has 6 heteroatoms. The van der Waals surface area contributed by atoms with Crippen LogP contribution in [0.4, 0.5) is 5.82 Å². The van der Waals surface area contributed by atoms with Gasteiger partial charge < -0.3 is 10.4 Å². The van der Waals surface area contributed by atoms with Gasteiger partial charge in [-0.05, 0) is 12.5 Å². The number of hydrogen-bond donors (Lipinski definition) is 2. The van der Waals surface area contributed by atoms with Crippen molar-refractivity contribution in [1.29, 1.82) is 0 Å². The average Bonchev–Trinajstić information content (AvgIpc) is 2.81. The van der Waals surface area contributed by atoms with Gasteiger partial charge in [0.2, 0.25) is 0 Å². The minimum Gasteiger partial charge on any atom is -0.480 e. The van der Waals surface area contributed by atoms with Crippen LogP contribution >= 0.6 is 0 Å². The summed E-state index contributed by atoms with van der Waals surface area (Å²) >= 11 is 0. The first-order chi connectivity index (χ1) is 8.70. The van der Waals surface area contributed by atoms with Crippen LogP contribution in [-0.2, 0) is 4.79 Å². The van der Waals surface area contributed by atoms with Crippen molar-refractivity contribution in [2.75, 3.05) is 5.32 Å².